The zero-order valence-corrected chi connectivity index (χ0v) is 10.6. The number of esters is 1. The van der Waals surface area contributed by atoms with Crippen LogP contribution in [0, 0.1) is 18.6 Å². The summed E-state index contributed by atoms with van der Waals surface area (Å²) in [6.45, 7) is 4.46. The topological polar surface area (TPSA) is 46.5 Å². The van der Waals surface area contributed by atoms with Crippen LogP contribution < -0.4 is 0 Å². The summed E-state index contributed by atoms with van der Waals surface area (Å²) in [7, 11) is 0. The van der Waals surface area contributed by atoms with Crippen molar-refractivity contribution >= 4 is 5.97 Å². The maximum Gasteiger partial charge on any atom is 0.309 e. The molecule has 1 N–H and O–H groups in total. The Morgan fingerprint density at radius 3 is 2.56 bits per heavy atom. The average Bonchev–Trinajstić information content (AvgIpc) is 2.22. The molecule has 1 unspecified atom stereocenters. The van der Waals surface area contributed by atoms with Crippen molar-refractivity contribution < 1.29 is 23.4 Å². The summed E-state index contributed by atoms with van der Waals surface area (Å²) in [6, 6.07) is 1.90. The van der Waals surface area contributed by atoms with Crippen LogP contribution >= 0.6 is 0 Å². The van der Waals surface area contributed by atoms with Gasteiger partial charge in [-0.1, -0.05) is 0 Å². The van der Waals surface area contributed by atoms with E-state index in [-0.39, 0.29) is 17.7 Å². The number of benzene rings is 1. The summed E-state index contributed by atoms with van der Waals surface area (Å²) < 4.78 is 31.7. The molecular formula is C13H16F2O3. The molecule has 1 atom stereocenters. The average molecular weight is 258 g/mol. The van der Waals surface area contributed by atoms with Gasteiger partial charge in [0.05, 0.1) is 13.0 Å². The molecule has 0 aliphatic heterocycles. The van der Waals surface area contributed by atoms with Crippen LogP contribution in [0.1, 0.15) is 31.4 Å². The second kappa shape index (κ2) is 5.44. The normalized spacial score (nSPS) is 14.1. The van der Waals surface area contributed by atoms with Crippen molar-refractivity contribution in [3.05, 3.63) is 34.9 Å². The Bertz CT molecular complexity index is 456. The molecule has 0 aliphatic rings. The first-order valence-corrected chi connectivity index (χ1v) is 5.62. The summed E-state index contributed by atoms with van der Waals surface area (Å²) in [5.41, 5.74) is -1.91. The molecular weight excluding hydrogens is 242 g/mol. The second-order valence-corrected chi connectivity index (χ2v) is 4.34. The van der Waals surface area contributed by atoms with E-state index in [1.54, 1.807) is 6.92 Å². The molecule has 0 radical (unpaired) electrons. The van der Waals surface area contributed by atoms with Crippen molar-refractivity contribution in [2.75, 3.05) is 6.61 Å². The van der Waals surface area contributed by atoms with Crippen LogP contribution in [0.2, 0.25) is 0 Å². The van der Waals surface area contributed by atoms with Crippen molar-refractivity contribution in [1.82, 2.24) is 0 Å². The van der Waals surface area contributed by atoms with E-state index in [9.17, 15) is 18.7 Å². The Morgan fingerprint density at radius 1 is 1.39 bits per heavy atom. The van der Waals surface area contributed by atoms with Crippen LogP contribution in [0.25, 0.3) is 0 Å². The first-order chi connectivity index (χ1) is 8.27. The van der Waals surface area contributed by atoms with Crippen LogP contribution in [0.5, 0.6) is 0 Å². The number of carbonyl (C=O) groups excluding carboxylic acids is 1. The highest BCUT2D eigenvalue weighted by molar-refractivity contribution is 5.71. The van der Waals surface area contributed by atoms with Crippen LogP contribution in [-0.4, -0.2) is 17.7 Å². The lowest BCUT2D eigenvalue weighted by Crippen LogP contribution is -2.27. The third-order valence-corrected chi connectivity index (χ3v) is 2.62. The third kappa shape index (κ3) is 3.26. The summed E-state index contributed by atoms with van der Waals surface area (Å²) in [5.74, 6) is -2.04. The molecule has 0 bridgehead atoms. The van der Waals surface area contributed by atoms with Gasteiger partial charge in [-0.3, -0.25) is 4.79 Å². The van der Waals surface area contributed by atoms with Gasteiger partial charge in [0.25, 0.3) is 0 Å². The fourth-order valence-corrected chi connectivity index (χ4v) is 1.65. The number of halogens is 2. The smallest absolute Gasteiger partial charge is 0.309 e. The minimum atomic E-state index is -1.80. The lowest BCUT2D eigenvalue weighted by molar-refractivity contribution is -0.148. The van der Waals surface area contributed by atoms with Crippen molar-refractivity contribution in [2.24, 2.45) is 0 Å². The van der Waals surface area contributed by atoms with E-state index in [1.807, 2.05) is 0 Å². The Labute approximate surface area is 104 Å². The molecule has 0 aliphatic carbocycles. The molecule has 0 amide bonds. The van der Waals surface area contributed by atoms with Gasteiger partial charge < -0.3 is 9.84 Å². The molecule has 1 aromatic carbocycles. The first-order valence-electron chi connectivity index (χ1n) is 5.62. The van der Waals surface area contributed by atoms with E-state index < -0.39 is 29.6 Å². The first kappa shape index (κ1) is 14.6. The van der Waals surface area contributed by atoms with E-state index in [4.69, 9.17) is 0 Å². The van der Waals surface area contributed by atoms with E-state index in [0.29, 0.717) is 0 Å². The highest BCUT2D eigenvalue weighted by atomic mass is 19.1. The van der Waals surface area contributed by atoms with Crippen molar-refractivity contribution in [3.8, 4) is 0 Å². The van der Waals surface area contributed by atoms with Crippen molar-refractivity contribution in [3.63, 3.8) is 0 Å². The Morgan fingerprint density at radius 2 is 2.00 bits per heavy atom. The fraction of sp³-hybridized carbons (Fsp3) is 0.462. The SMILES string of the molecule is CCOC(=O)CC(C)(O)c1cc(F)c(C)cc1F. The van der Waals surface area contributed by atoms with E-state index in [2.05, 4.69) is 4.74 Å². The lowest BCUT2D eigenvalue weighted by Gasteiger charge is -2.23. The second-order valence-electron chi connectivity index (χ2n) is 4.34. The molecule has 1 aromatic rings. The molecule has 0 spiro atoms. The number of hydrogen-bond acceptors (Lipinski definition) is 3. The summed E-state index contributed by atoms with van der Waals surface area (Å²) >= 11 is 0. The molecule has 0 heterocycles. The molecule has 0 saturated carbocycles. The van der Waals surface area contributed by atoms with Gasteiger partial charge in [-0.05, 0) is 38.5 Å². The monoisotopic (exact) mass is 258 g/mol. The van der Waals surface area contributed by atoms with Gasteiger partial charge in [-0.15, -0.1) is 0 Å². The van der Waals surface area contributed by atoms with E-state index >= 15 is 0 Å². The molecule has 18 heavy (non-hydrogen) atoms. The lowest BCUT2D eigenvalue weighted by atomic mass is 9.91. The van der Waals surface area contributed by atoms with Crippen molar-refractivity contribution in [1.29, 1.82) is 0 Å². The number of aryl methyl sites for hydroxylation is 1. The Balaban J connectivity index is 3.04. The third-order valence-electron chi connectivity index (χ3n) is 2.62. The van der Waals surface area contributed by atoms with Crippen LogP contribution in [-0.2, 0) is 15.1 Å². The van der Waals surface area contributed by atoms with Gasteiger partial charge in [-0.2, -0.15) is 0 Å². The van der Waals surface area contributed by atoms with Gasteiger partial charge in [0, 0.05) is 5.56 Å². The largest absolute Gasteiger partial charge is 0.466 e. The van der Waals surface area contributed by atoms with Gasteiger partial charge in [0.1, 0.15) is 17.2 Å². The molecule has 3 nitrogen and oxygen atoms in total. The summed E-state index contributed by atoms with van der Waals surface area (Å²) in [5, 5.41) is 10.1. The van der Waals surface area contributed by atoms with Crippen molar-refractivity contribution in [2.45, 2.75) is 32.8 Å². The summed E-state index contributed by atoms with van der Waals surface area (Å²) in [4.78, 5) is 11.3. The van der Waals surface area contributed by atoms with Gasteiger partial charge in [0.2, 0.25) is 0 Å². The Hall–Kier alpha value is -1.49. The quantitative estimate of drug-likeness (QED) is 0.844. The number of rotatable bonds is 4. The Kier molecular flexibility index (Phi) is 4.40. The highest BCUT2D eigenvalue weighted by Gasteiger charge is 2.31. The fourth-order valence-electron chi connectivity index (χ4n) is 1.65. The minimum Gasteiger partial charge on any atom is -0.466 e. The minimum absolute atomic E-state index is 0.142. The van der Waals surface area contributed by atoms with E-state index in [1.165, 1.54) is 13.8 Å². The molecule has 100 valence electrons. The van der Waals surface area contributed by atoms with E-state index in [0.717, 1.165) is 12.1 Å². The summed E-state index contributed by atoms with van der Waals surface area (Å²) in [6.07, 6.45) is -0.430. The number of aliphatic hydroxyl groups is 1. The maximum atomic E-state index is 13.7. The predicted octanol–water partition coefficient (Wildman–Crippen LogP) is 2.43. The molecule has 0 aromatic heterocycles. The highest BCUT2D eigenvalue weighted by Crippen LogP contribution is 2.29. The molecule has 1 rings (SSSR count). The predicted molar refractivity (Wildman–Crippen MR) is 61.9 cm³/mol. The number of ether oxygens (including phenoxy) is 1. The van der Waals surface area contributed by atoms with Gasteiger partial charge in [0.15, 0.2) is 0 Å². The molecule has 5 heteroatoms. The zero-order chi connectivity index (χ0) is 13.9. The molecule has 0 fully saturated rings. The van der Waals surface area contributed by atoms with Crippen LogP contribution in [0.4, 0.5) is 8.78 Å². The standard InChI is InChI=1S/C13H16F2O3/c1-4-18-12(16)7-13(3,17)9-6-10(14)8(2)5-11(9)15/h5-6,17H,4,7H2,1-3H3. The van der Waals surface area contributed by atoms with Gasteiger partial charge in [-0.25, -0.2) is 8.78 Å². The van der Waals surface area contributed by atoms with Crippen LogP contribution in [0.3, 0.4) is 0 Å². The van der Waals surface area contributed by atoms with Gasteiger partial charge >= 0.3 is 5.97 Å². The maximum absolute atomic E-state index is 13.7. The number of carbonyl (C=O) groups is 1. The van der Waals surface area contributed by atoms with Crippen LogP contribution in [0.15, 0.2) is 12.1 Å². The number of hydrogen-bond donors (Lipinski definition) is 1. The molecule has 0 saturated heterocycles. The zero-order valence-electron chi connectivity index (χ0n) is 10.6.